The van der Waals surface area contributed by atoms with Gasteiger partial charge in [-0.25, -0.2) is 18.7 Å². The van der Waals surface area contributed by atoms with E-state index in [-0.39, 0.29) is 5.69 Å². The fourth-order valence-electron chi connectivity index (χ4n) is 1.31. The summed E-state index contributed by atoms with van der Waals surface area (Å²) in [6, 6.07) is 4.80. The van der Waals surface area contributed by atoms with Crippen molar-refractivity contribution in [1.82, 2.24) is 15.0 Å². The van der Waals surface area contributed by atoms with Crippen molar-refractivity contribution < 1.29 is 8.78 Å². The van der Waals surface area contributed by atoms with Crippen molar-refractivity contribution in [2.75, 3.05) is 6.26 Å². The van der Waals surface area contributed by atoms with Crippen molar-refractivity contribution in [2.24, 2.45) is 0 Å². The first-order valence-corrected chi connectivity index (χ1v) is 6.04. The summed E-state index contributed by atoms with van der Waals surface area (Å²) in [6.45, 7) is 0. The lowest BCUT2D eigenvalue weighted by atomic mass is 10.2. The summed E-state index contributed by atoms with van der Waals surface area (Å²) in [6.07, 6.45) is 2.35. The molecule has 0 aliphatic rings. The summed E-state index contributed by atoms with van der Waals surface area (Å²) in [5.41, 5.74) is 0.906. The van der Waals surface area contributed by atoms with E-state index >= 15 is 0 Å². The molecule has 0 atom stereocenters. The zero-order valence-corrected chi connectivity index (χ0v) is 9.79. The van der Waals surface area contributed by atoms with Crippen LogP contribution in [0, 0.1) is 0 Å². The summed E-state index contributed by atoms with van der Waals surface area (Å²) in [5.74, 6) is 0. The van der Waals surface area contributed by atoms with Gasteiger partial charge in [0.1, 0.15) is 5.69 Å². The van der Waals surface area contributed by atoms with Crippen molar-refractivity contribution >= 4 is 11.8 Å². The molecule has 2 rings (SSSR count). The fraction of sp³-hybridized carbons (Fsp3) is 0.182. The highest BCUT2D eigenvalue weighted by molar-refractivity contribution is 7.98. The number of hydrogen-bond acceptors (Lipinski definition) is 4. The minimum atomic E-state index is -2.60. The number of halogens is 2. The van der Waals surface area contributed by atoms with E-state index < -0.39 is 6.43 Å². The van der Waals surface area contributed by atoms with Crippen LogP contribution in [0.3, 0.4) is 0 Å². The van der Waals surface area contributed by atoms with Crippen molar-refractivity contribution in [2.45, 2.75) is 11.6 Å². The number of alkyl halides is 2. The smallest absolute Gasteiger partial charge is 0.264 e. The van der Waals surface area contributed by atoms with Crippen molar-refractivity contribution in [3.63, 3.8) is 0 Å². The fourth-order valence-corrected chi connectivity index (χ4v) is 1.69. The second-order valence-corrected chi connectivity index (χ2v) is 3.98. The number of nitrogens with zero attached hydrogens (tertiary/aromatic N) is 3. The Morgan fingerprint density at radius 1 is 1.29 bits per heavy atom. The van der Waals surface area contributed by atoms with E-state index in [2.05, 4.69) is 15.0 Å². The Morgan fingerprint density at radius 2 is 2.12 bits per heavy atom. The molecular formula is C11H9F2N3S. The Kier molecular flexibility index (Phi) is 3.63. The van der Waals surface area contributed by atoms with Gasteiger partial charge in [0.05, 0.1) is 5.69 Å². The molecule has 0 fully saturated rings. The lowest BCUT2D eigenvalue weighted by molar-refractivity contribution is 0.145. The zero-order valence-electron chi connectivity index (χ0n) is 8.97. The van der Waals surface area contributed by atoms with Crippen LogP contribution in [0.1, 0.15) is 12.1 Å². The molecule has 0 radical (unpaired) electrons. The summed E-state index contributed by atoms with van der Waals surface area (Å²) in [5, 5.41) is 0.335. The van der Waals surface area contributed by atoms with Crippen LogP contribution in [0.2, 0.25) is 0 Å². The number of hydrogen-bond donors (Lipinski definition) is 0. The van der Waals surface area contributed by atoms with Gasteiger partial charge in [0.2, 0.25) is 0 Å². The maximum atomic E-state index is 12.7. The van der Waals surface area contributed by atoms with E-state index in [9.17, 15) is 8.78 Å². The third kappa shape index (κ3) is 2.76. The SMILES string of the molecule is CSc1nc(-c2cccnc2)cc(C(F)F)n1. The number of rotatable bonds is 3. The normalized spacial score (nSPS) is 10.8. The molecule has 6 heteroatoms. The molecular weight excluding hydrogens is 244 g/mol. The Labute approximate surface area is 101 Å². The molecule has 2 aromatic rings. The Balaban J connectivity index is 2.50. The van der Waals surface area contributed by atoms with Crippen LogP contribution in [0.5, 0.6) is 0 Å². The standard InChI is InChI=1S/C11H9F2N3S/c1-17-11-15-8(5-9(16-11)10(12)13)7-3-2-4-14-6-7/h2-6,10H,1H3. The molecule has 0 unspecified atom stereocenters. The monoisotopic (exact) mass is 253 g/mol. The Hall–Kier alpha value is -1.56. The van der Waals surface area contributed by atoms with Crippen molar-refractivity contribution in [1.29, 1.82) is 0 Å². The maximum absolute atomic E-state index is 12.7. The lowest BCUT2D eigenvalue weighted by Gasteiger charge is -2.05. The van der Waals surface area contributed by atoms with Crippen LogP contribution < -0.4 is 0 Å². The molecule has 0 aromatic carbocycles. The first-order valence-electron chi connectivity index (χ1n) is 4.82. The molecule has 0 aliphatic heterocycles. The zero-order chi connectivity index (χ0) is 12.3. The molecule has 88 valence electrons. The minimum Gasteiger partial charge on any atom is -0.264 e. The average molecular weight is 253 g/mol. The van der Waals surface area contributed by atoms with E-state index in [0.29, 0.717) is 16.4 Å². The molecule has 0 amide bonds. The second-order valence-electron chi connectivity index (χ2n) is 3.21. The van der Waals surface area contributed by atoms with E-state index in [0.717, 1.165) is 0 Å². The molecule has 0 saturated heterocycles. The first-order chi connectivity index (χ1) is 8.20. The quantitative estimate of drug-likeness (QED) is 0.622. The molecule has 0 saturated carbocycles. The lowest BCUT2D eigenvalue weighted by Crippen LogP contribution is -1.97. The predicted octanol–water partition coefficient (Wildman–Crippen LogP) is 3.20. The van der Waals surface area contributed by atoms with Crippen LogP contribution in [-0.2, 0) is 0 Å². The number of aromatic nitrogens is 3. The third-order valence-electron chi connectivity index (χ3n) is 2.09. The summed E-state index contributed by atoms with van der Waals surface area (Å²) in [7, 11) is 0. The molecule has 0 spiro atoms. The van der Waals surface area contributed by atoms with Crippen LogP contribution in [-0.4, -0.2) is 21.2 Å². The Morgan fingerprint density at radius 3 is 2.71 bits per heavy atom. The van der Waals surface area contributed by atoms with Crippen LogP contribution in [0.4, 0.5) is 8.78 Å². The van der Waals surface area contributed by atoms with E-state index in [1.807, 2.05) is 0 Å². The van der Waals surface area contributed by atoms with Gasteiger partial charge in [0.25, 0.3) is 6.43 Å². The van der Waals surface area contributed by atoms with Crippen LogP contribution in [0.15, 0.2) is 35.7 Å². The molecule has 2 aromatic heterocycles. The molecule has 0 N–H and O–H groups in total. The van der Waals surface area contributed by atoms with E-state index in [4.69, 9.17) is 0 Å². The van der Waals surface area contributed by atoms with E-state index in [1.165, 1.54) is 17.8 Å². The summed E-state index contributed by atoms with van der Waals surface area (Å²) < 4.78 is 25.3. The van der Waals surface area contributed by atoms with Gasteiger partial charge in [-0.05, 0) is 24.5 Å². The largest absolute Gasteiger partial charge is 0.280 e. The molecule has 3 nitrogen and oxygen atoms in total. The highest BCUT2D eigenvalue weighted by Gasteiger charge is 2.13. The van der Waals surface area contributed by atoms with Crippen molar-refractivity contribution in [3.8, 4) is 11.3 Å². The molecule has 0 aliphatic carbocycles. The second kappa shape index (κ2) is 5.18. The maximum Gasteiger partial charge on any atom is 0.280 e. The number of pyridine rings is 1. The van der Waals surface area contributed by atoms with E-state index in [1.54, 1.807) is 30.8 Å². The van der Waals surface area contributed by atoms with Crippen LogP contribution in [0.25, 0.3) is 11.3 Å². The third-order valence-corrected chi connectivity index (χ3v) is 2.64. The van der Waals surface area contributed by atoms with Gasteiger partial charge in [0.15, 0.2) is 5.16 Å². The predicted molar refractivity (Wildman–Crippen MR) is 62.0 cm³/mol. The molecule has 0 bridgehead atoms. The topological polar surface area (TPSA) is 38.7 Å². The number of thioether (sulfide) groups is 1. The minimum absolute atomic E-state index is 0.261. The molecule has 17 heavy (non-hydrogen) atoms. The summed E-state index contributed by atoms with van der Waals surface area (Å²) in [4.78, 5) is 11.9. The van der Waals surface area contributed by atoms with Gasteiger partial charge >= 0.3 is 0 Å². The van der Waals surface area contributed by atoms with Gasteiger partial charge in [0, 0.05) is 18.0 Å². The Bertz CT molecular complexity index is 505. The molecule has 2 heterocycles. The van der Waals surface area contributed by atoms with Crippen molar-refractivity contribution in [3.05, 3.63) is 36.3 Å². The van der Waals surface area contributed by atoms with Gasteiger partial charge in [-0.15, -0.1) is 0 Å². The van der Waals surface area contributed by atoms with Crippen LogP contribution >= 0.6 is 11.8 Å². The van der Waals surface area contributed by atoms with Gasteiger partial charge in [-0.3, -0.25) is 4.98 Å². The van der Waals surface area contributed by atoms with Gasteiger partial charge in [-0.1, -0.05) is 11.8 Å². The van der Waals surface area contributed by atoms with Gasteiger partial charge < -0.3 is 0 Å². The summed E-state index contributed by atoms with van der Waals surface area (Å²) >= 11 is 1.23. The highest BCUT2D eigenvalue weighted by atomic mass is 32.2. The first kappa shape index (κ1) is 11.9. The highest BCUT2D eigenvalue weighted by Crippen LogP contribution is 2.24. The average Bonchev–Trinajstić information content (AvgIpc) is 2.39. The van der Waals surface area contributed by atoms with Gasteiger partial charge in [-0.2, -0.15) is 0 Å².